The Kier molecular flexibility index (Phi) is 2.38. The minimum absolute atomic E-state index is 0.177. The molecule has 4 heteroatoms. The van der Waals surface area contributed by atoms with E-state index >= 15 is 0 Å². The summed E-state index contributed by atoms with van der Waals surface area (Å²) in [5.41, 5.74) is 6.02. The van der Waals surface area contributed by atoms with Crippen molar-refractivity contribution < 1.29 is 0 Å². The second-order valence-corrected chi connectivity index (χ2v) is 2.33. The summed E-state index contributed by atoms with van der Waals surface area (Å²) in [7, 11) is 0. The van der Waals surface area contributed by atoms with Gasteiger partial charge in [-0.2, -0.15) is 5.10 Å². The third-order valence-corrected chi connectivity index (χ3v) is 1.51. The Labute approximate surface area is 65.2 Å². The molecule has 1 aromatic rings. The molecule has 11 heavy (non-hydrogen) atoms. The van der Waals surface area contributed by atoms with Gasteiger partial charge >= 0.3 is 0 Å². The zero-order valence-electron chi connectivity index (χ0n) is 6.49. The fourth-order valence-electron chi connectivity index (χ4n) is 0.820. The second kappa shape index (κ2) is 3.30. The third-order valence-electron chi connectivity index (χ3n) is 1.51. The van der Waals surface area contributed by atoms with Crippen LogP contribution in [0.4, 0.5) is 0 Å². The van der Waals surface area contributed by atoms with Crippen molar-refractivity contribution in [3.8, 4) is 0 Å². The zero-order valence-corrected chi connectivity index (χ0v) is 6.49. The molecule has 0 aliphatic rings. The van der Waals surface area contributed by atoms with Gasteiger partial charge in [0.25, 0.3) is 0 Å². The maximum Gasteiger partial charge on any atom is 0.143 e. The minimum atomic E-state index is -0.177. The van der Waals surface area contributed by atoms with E-state index in [-0.39, 0.29) is 6.17 Å². The summed E-state index contributed by atoms with van der Waals surface area (Å²) >= 11 is 0. The van der Waals surface area contributed by atoms with Crippen LogP contribution in [0.3, 0.4) is 0 Å². The van der Waals surface area contributed by atoms with E-state index in [0.717, 1.165) is 6.42 Å². The second-order valence-electron chi connectivity index (χ2n) is 2.33. The quantitative estimate of drug-likeness (QED) is 0.637. The lowest BCUT2D eigenvalue weighted by atomic mass is 10.4. The van der Waals surface area contributed by atoms with Gasteiger partial charge in [-0.3, -0.25) is 5.41 Å². The highest BCUT2D eigenvalue weighted by Crippen LogP contribution is 1.94. The van der Waals surface area contributed by atoms with Crippen molar-refractivity contribution >= 4 is 0 Å². The van der Waals surface area contributed by atoms with Crippen molar-refractivity contribution in [1.82, 2.24) is 9.78 Å². The summed E-state index contributed by atoms with van der Waals surface area (Å²) in [6.07, 6.45) is 2.24. The van der Waals surface area contributed by atoms with E-state index < -0.39 is 0 Å². The highest BCUT2D eigenvalue weighted by Gasteiger charge is 2.00. The average molecular weight is 152 g/mol. The maximum atomic E-state index is 7.42. The smallest absolute Gasteiger partial charge is 0.143 e. The number of nitrogens with one attached hydrogen (secondary N) is 1. The molecule has 4 nitrogen and oxygen atoms in total. The minimum Gasteiger partial charge on any atom is -0.310 e. The van der Waals surface area contributed by atoms with Gasteiger partial charge in [-0.1, -0.05) is 6.92 Å². The van der Waals surface area contributed by atoms with Crippen LogP contribution >= 0.6 is 0 Å². The molecule has 0 fully saturated rings. The lowest BCUT2D eigenvalue weighted by Gasteiger charge is -2.10. The fraction of sp³-hybridized carbons (Fsp3) is 0.429. The first-order chi connectivity index (χ1) is 5.25. The van der Waals surface area contributed by atoms with Crippen LogP contribution in [-0.2, 0) is 0 Å². The predicted molar refractivity (Wildman–Crippen MR) is 41.6 cm³/mol. The van der Waals surface area contributed by atoms with Crippen LogP contribution in [0, 0.1) is 5.41 Å². The van der Waals surface area contributed by atoms with E-state index in [2.05, 4.69) is 5.10 Å². The van der Waals surface area contributed by atoms with Crippen LogP contribution < -0.4 is 11.2 Å². The number of nitrogens with two attached hydrogens (primary N) is 1. The van der Waals surface area contributed by atoms with Crippen molar-refractivity contribution in [2.75, 3.05) is 0 Å². The van der Waals surface area contributed by atoms with E-state index in [1.165, 1.54) is 4.68 Å². The molecule has 0 saturated heterocycles. The summed E-state index contributed by atoms with van der Waals surface area (Å²) in [4.78, 5) is 0. The summed E-state index contributed by atoms with van der Waals surface area (Å²) < 4.78 is 1.50. The largest absolute Gasteiger partial charge is 0.310 e. The zero-order chi connectivity index (χ0) is 8.27. The first kappa shape index (κ1) is 7.94. The predicted octanol–water partition coefficient (Wildman–Crippen LogP) is 0.230. The van der Waals surface area contributed by atoms with Gasteiger partial charge in [0.15, 0.2) is 0 Å². The molecule has 60 valence electrons. The number of hydrogen-bond donors (Lipinski definition) is 2. The summed E-state index contributed by atoms with van der Waals surface area (Å²) in [6.45, 7) is 1.96. The number of aromatic nitrogens is 2. The molecule has 0 spiro atoms. The van der Waals surface area contributed by atoms with Crippen molar-refractivity contribution in [3.63, 3.8) is 0 Å². The van der Waals surface area contributed by atoms with E-state index in [9.17, 15) is 0 Å². The molecular formula is C7H12N4. The molecule has 0 aromatic carbocycles. The van der Waals surface area contributed by atoms with Gasteiger partial charge < -0.3 is 5.73 Å². The molecule has 0 saturated carbocycles. The molecule has 1 aromatic heterocycles. The molecular weight excluding hydrogens is 140 g/mol. The summed E-state index contributed by atoms with van der Waals surface area (Å²) in [6, 6.07) is 3.39. The molecule has 1 unspecified atom stereocenters. The molecule has 0 radical (unpaired) electrons. The van der Waals surface area contributed by atoms with Crippen molar-refractivity contribution in [2.45, 2.75) is 19.5 Å². The van der Waals surface area contributed by atoms with Crippen LogP contribution in [0.2, 0.25) is 0 Å². The highest BCUT2D eigenvalue weighted by molar-refractivity contribution is 4.83. The monoisotopic (exact) mass is 152 g/mol. The number of hydrogen-bond acceptors (Lipinski definition) is 3. The topological polar surface area (TPSA) is 67.7 Å². The molecule has 3 N–H and O–H groups in total. The molecule has 1 rings (SSSR count). The Hall–Kier alpha value is -1.16. The van der Waals surface area contributed by atoms with Gasteiger partial charge in [0.2, 0.25) is 0 Å². The highest BCUT2D eigenvalue weighted by atomic mass is 15.3. The van der Waals surface area contributed by atoms with Crippen molar-refractivity contribution in [1.29, 1.82) is 5.41 Å². The SMILES string of the molecule is CCC(N)n1ncccc1=N. The van der Waals surface area contributed by atoms with Gasteiger partial charge in [0, 0.05) is 6.20 Å². The molecule has 0 aliphatic carbocycles. The molecule has 0 bridgehead atoms. The maximum absolute atomic E-state index is 7.42. The first-order valence-corrected chi connectivity index (χ1v) is 3.59. The van der Waals surface area contributed by atoms with E-state index in [1.807, 2.05) is 6.92 Å². The van der Waals surface area contributed by atoms with Gasteiger partial charge in [-0.25, -0.2) is 4.68 Å². The van der Waals surface area contributed by atoms with E-state index in [0.29, 0.717) is 5.49 Å². The third kappa shape index (κ3) is 1.65. The van der Waals surface area contributed by atoms with Gasteiger partial charge in [0.1, 0.15) is 11.7 Å². The lowest BCUT2D eigenvalue weighted by Crippen LogP contribution is -2.30. The normalized spacial score (nSPS) is 12.9. The lowest BCUT2D eigenvalue weighted by molar-refractivity contribution is 0.426. The molecule has 1 atom stereocenters. The average Bonchev–Trinajstić information content (AvgIpc) is 2.04. The van der Waals surface area contributed by atoms with Crippen LogP contribution in [0.25, 0.3) is 0 Å². The number of nitrogens with zero attached hydrogens (tertiary/aromatic N) is 2. The van der Waals surface area contributed by atoms with Gasteiger partial charge in [0.05, 0.1) is 0 Å². The Morgan fingerprint density at radius 2 is 2.55 bits per heavy atom. The van der Waals surface area contributed by atoms with Crippen LogP contribution in [-0.4, -0.2) is 9.78 Å². The van der Waals surface area contributed by atoms with E-state index in [4.69, 9.17) is 11.1 Å². The Morgan fingerprint density at radius 3 is 3.09 bits per heavy atom. The Morgan fingerprint density at radius 1 is 1.82 bits per heavy atom. The van der Waals surface area contributed by atoms with E-state index in [1.54, 1.807) is 18.3 Å². The molecule has 1 heterocycles. The summed E-state index contributed by atoms with van der Waals surface area (Å²) in [5, 5.41) is 11.4. The van der Waals surface area contributed by atoms with Crippen molar-refractivity contribution in [2.24, 2.45) is 5.73 Å². The number of rotatable bonds is 2. The van der Waals surface area contributed by atoms with Crippen LogP contribution in [0.1, 0.15) is 19.5 Å². The van der Waals surface area contributed by atoms with Gasteiger partial charge in [-0.05, 0) is 18.6 Å². The van der Waals surface area contributed by atoms with Crippen LogP contribution in [0.5, 0.6) is 0 Å². The Balaban J connectivity index is 3.03. The van der Waals surface area contributed by atoms with Crippen molar-refractivity contribution in [3.05, 3.63) is 23.8 Å². The molecule has 0 aliphatic heterocycles. The summed E-state index contributed by atoms with van der Waals surface area (Å²) in [5.74, 6) is 0. The van der Waals surface area contributed by atoms with Crippen LogP contribution in [0.15, 0.2) is 18.3 Å². The fourth-order valence-corrected chi connectivity index (χ4v) is 0.820. The first-order valence-electron chi connectivity index (χ1n) is 3.59. The molecule has 0 amide bonds. The van der Waals surface area contributed by atoms with Gasteiger partial charge in [-0.15, -0.1) is 0 Å². The Bertz CT molecular complexity index is 278. The standard InChI is InChI=1S/C7H12N4/c1-2-6(8)11-7(9)4-3-5-10-11/h3-6,9H,2,8H2,1H3.